The summed E-state index contributed by atoms with van der Waals surface area (Å²) in [6, 6.07) is 14.2. The van der Waals surface area contributed by atoms with Crippen LogP contribution in [0.1, 0.15) is 65.5 Å². The summed E-state index contributed by atoms with van der Waals surface area (Å²) in [5.41, 5.74) is 2.32. The number of hydrogen-bond donors (Lipinski definition) is 0. The van der Waals surface area contributed by atoms with Crippen molar-refractivity contribution in [2.24, 2.45) is 0 Å². The van der Waals surface area contributed by atoms with Crippen molar-refractivity contribution in [1.29, 1.82) is 0 Å². The minimum atomic E-state index is -4.20. The summed E-state index contributed by atoms with van der Waals surface area (Å²) < 4.78 is 34.6. The van der Waals surface area contributed by atoms with Crippen molar-refractivity contribution >= 4 is 10.4 Å². The summed E-state index contributed by atoms with van der Waals surface area (Å²) in [7, 11) is -4.20. The van der Waals surface area contributed by atoms with E-state index in [0.29, 0.717) is 0 Å². The maximum atomic E-state index is 12.2. The molecule has 2 aromatic rings. The van der Waals surface area contributed by atoms with Crippen LogP contribution in [0, 0.1) is 0 Å². The molecule has 0 N–H and O–H groups in total. The molecular formula is C22H30O4S. The van der Waals surface area contributed by atoms with Gasteiger partial charge in [-0.1, -0.05) is 65.8 Å². The SMILES string of the molecule is CCC(C)(C)c1ccc(OS(=O)(=O)Oc2ccc(C(C)(C)CC)cc2)cc1. The van der Waals surface area contributed by atoms with E-state index in [1.165, 1.54) is 0 Å². The van der Waals surface area contributed by atoms with Crippen LogP contribution in [0.2, 0.25) is 0 Å². The van der Waals surface area contributed by atoms with Crippen LogP contribution < -0.4 is 8.37 Å². The Morgan fingerprint density at radius 1 is 0.667 bits per heavy atom. The lowest BCUT2D eigenvalue weighted by Crippen LogP contribution is -2.18. The van der Waals surface area contributed by atoms with E-state index in [1.54, 1.807) is 24.3 Å². The third-order valence-electron chi connectivity index (χ3n) is 5.44. The second-order valence-electron chi connectivity index (χ2n) is 8.10. The van der Waals surface area contributed by atoms with Gasteiger partial charge in [0.05, 0.1) is 0 Å². The first-order chi connectivity index (χ1) is 12.5. The molecule has 0 heterocycles. The molecule has 0 unspecified atom stereocenters. The van der Waals surface area contributed by atoms with Crippen molar-refractivity contribution in [3.63, 3.8) is 0 Å². The van der Waals surface area contributed by atoms with Crippen LogP contribution in [-0.4, -0.2) is 8.42 Å². The molecule has 0 aliphatic carbocycles. The average Bonchev–Trinajstić information content (AvgIpc) is 2.62. The van der Waals surface area contributed by atoms with Crippen molar-refractivity contribution < 1.29 is 16.8 Å². The molecule has 0 amide bonds. The summed E-state index contributed by atoms with van der Waals surface area (Å²) in [4.78, 5) is 0. The van der Waals surface area contributed by atoms with Crippen molar-refractivity contribution in [2.75, 3.05) is 0 Å². The maximum absolute atomic E-state index is 12.2. The van der Waals surface area contributed by atoms with Crippen molar-refractivity contribution in [3.8, 4) is 11.5 Å². The number of rotatable bonds is 8. The van der Waals surface area contributed by atoms with Crippen LogP contribution in [0.3, 0.4) is 0 Å². The van der Waals surface area contributed by atoms with Crippen LogP contribution in [0.5, 0.6) is 11.5 Å². The van der Waals surface area contributed by atoms with Crippen molar-refractivity contribution in [2.45, 2.75) is 65.2 Å². The quantitative estimate of drug-likeness (QED) is 0.574. The molecular weight excluding hydrogens is 360 g/mol. The summed E-state index contributed by atoms with van der Waals surface area (Å²) in [6.45, 7) is 12.8. The average molecular weight is 391 g/mol. The first kappa shape index (κ1) is 21.3. The van der Waals surface area contributed by atoms with E-state index in [1.807, 2.05) is 24.3 Å². The topological polar surface area (TPSA) is 52.6 Å². The number of hydrogen-bond acceptors (Lipinski definition) is 4. The molecule has 0 atom stereocenters. The highest BCUT2D eigenvalue weighted by Crippen LogP contribution is 2.30. The van der Waals surface area contributed by atoms with Gasteiger partial charge in [-0.05, 0) is 59.1 Å². The van der Waals surface area contributed by atoms with Crippen LogP contribution >= 0.6 is 0 Å². The van der Waals surface area contributed by atoms with Crippen LogP contribution in [0.4, 0.5) is 0 Å². The van der Waals surface area contributed by atoms with E-state index in [-0.39, 0.29) is 22.3 Å². The van der Waals surface area contributed by atoms with Gasteiger partial charge < -0.3 is 8.37 Å². The minimum absolute atomic E-state index is 0.0297. The Labute approximate surface area is 163 Å². The second kappa shape index (κ2) is 7.93. The van der Waals surface area contributed by atoms with Gasteiger partial charge in [0.2, 0.25) is 0 Å². The normalized spacial score (nSPS) is 12.7. The highest BCUT2D eigenvalue weighted by molar-refractivity contribution is 7.82. The third-order valence-corrected chi connectivity index (χ3v) is 6.23. The second-order valence-corrected chi connectivity index (χ2v) is 9.25. The standard InChI is InChI=1S/C22H30O4S/c1-7-21(3,4)17-9-13-19(14-10-17)25-27(23,24)26-20-15-11-18(12-16-20)22(5,6)8-2/h9-16H,7-8H2,1-6H3. The molecule has 27 heavy (non-hydrogen) atoms. The van der Waals surface area contributed by atoms with Gasteiger partial charge in [0.25, 0.3) is 0 Å². The molecule has 2 rings (SSSR count). The third kappa shape index (κ3) is 5.48. The predicted octanol–water partition coefficient (Wildman–Crippen LogP) is 5.76. The summed E-state index contributed by atoms with van der Waals surface area (Å²) in [5.74, 6) is 0.462. The molecule has 5 heteroatoms. The van der Waals surface area contributed by atoms with E-state index >= 15 is 0 Å². The highest BCUT2D eigenvalue weighted by atomic mass is 32.3. The van der Waals surface area contributed by atoms with Gasteiger partial charge in [-0.15, -0.1) is 8.42 Å². The van der Waals surface area contributed by atoms with Gasteiger partial charge in [0.15, 0.2) is 0 Å². The highest BCUT2D eigenvalue weighted by Gasteiger charge is 2.21. The molecule has 4 nitrogen and oxygen atoms in total. The summed E-state index contributed by atoms with van der Waals surface area (Å²) in [6.07, 6.45) is 1.97. The lowest BCUT2D eigenvalue weighted by molar-refractivity contribution is 0.392. The van der Waals surface area contributed by atoms with Gasteiger partial charge in [-0.2, -0.15) is 0 Å². The Bertz CT molecular complexity index is 781. The molecule has 0 spiro atoms. The molecule has 148 valence electrons. The smallest absolute Gasteiger partial charge is 0.353 e. The predicted molar refractivity (Wildman–Crippen MR) is 110 cm³/mol. The molecule has 0 saturated heterocycles. The monoisotopic (exact) mass is 390 g/mol. The Morgan fingerprint density at radius 3 is 1.22 bits per heavy atom. The van der Waals surface area contributed by atoms with Crippen LogP contribution in [0.15, 0.2) is 48.5 Å². The minimum Gasteiger partial charge on any atom is -0.353 e. The molecule has 0 aliphatic heterocycles. The van der Waals surface area contributed by atoms with Gasteiger partial charge in [-0.3, -0.25) is 0 Å². The van der Waals surface area contributed by atoms with E-state index in [4.69, 9.17) is 8.37 Å². The van der Waals surface area contributed by atoms with Crippen molar-refractivity contribution in [1.82, 2.24) is 0 Å². The zero-order valence-electron chi connectivity index (χ0n) is 17.1. The molecule has 0 radical (unpaired) electrons. The lowest BCUT2D eigenvalue weighted by Gasteiger charge is -2.23. The molecule has 0 saturated carbocycles. The fraction of sp³-hybridized carbons (Fsp3) is 0.455. The fourth-order valence-electron chi connectivity index (χ4n) is 2.58. The molecule has 0 bridgehead atoms. The molecule has 0 fully saturated rings. The van der Waals surface area contributed by atoms with E-state index in [0.717, 1.165) is 24.0 Å². The largest absolute Gasteiger partial charge is 0.500 e. The number of benzene rings is 2. The molecule has 2 aromatic carbocycles. The Balaban J connectivity index is 2.09. The summed E-state index contributed by atoms with van der Waals surface area (Å²) in [5, 5.41) is 0. The van der Waals surface area contributed by atoms with Gasteiger partial charge >= 0.3 is 10.4 Å². The van der Waals surface area contributed by atoms with Gasteiger partial charge in [0, 0.05) is 0 Å². The first-order valence-electron chi connectivity index (χ1n) is 9.34. The van der Waals surface area contributed by atoms with E-state index < -0.39 is 10.4 Å². The Kier molecular flexibility index (Phi) is 6.25. The Hall–Kier alpha value is -2.01. The zero-order valence-corrected chi connectivity index (χ0v) is 17.9. The first-order valence-corrected chi connectivity index (χ1v) is 10.7. The maximum Gasteiger partial charge on any atom is 0.500 e. The van der Waals surface area contributed by atoms with Crippen molar-refractivity contribution in [3.05, 3.63) is 59.7 Å². The van der Waals surface area contributed by atoms with Gasteiger partial charge in [0.1, 0.15) is 11.5 Å². The summed E-state index contributed by atoms with van der Waals surface area (Å²) >= 11 is 0. The van der Waals surface area contributed by atoms with E-state index in [9.17, 15) is 8.42 Å². The fourth-order valence-corrected chi connectivity index (χ4v) is 3.31. The lowest BCUT2D eigenvalue weighted by atomic mass is 9.82. The van der Waals surface area contributed by atoms with Crippen LogP contribution in [0.25, 0.3) is 0 Å². The Morgan fingerprint density at radius 2 is 0.963 bits per heavy atom. The molecule has 0 aromatic heterocycles. The van der Waals surface area contributed by atoms with E-state index in [2.05, 4.69) is 41.5 Å². The molecule has 0 aliphatic rings. The van der Waals surface area contributed by atoms with Crippen LogP contribution in [-0.2, 0) is 21.2 Å². The zero-order chi connectivity index (χ0) is 20.3. The van der Waals surface area contributed by atoms with Gasteiger partial charge in [-0.25, -0.2) is 0 Å².